The molecule has 0 aliphatic carbocycles. The van der Waals surface area contributed by atoms with E-state index in [0.29, 0.717) is 5.15 Å². The van der Waals surface area contributed by atoms with Gasteiger partial charge in [0.15, 0.2) is 0 Å². The Balaban J connectivity index is 1.77. The van der Waals surface area contributed by atoms with Crippen LogP contribution in [0.4, 0.5) is 5.69 Å². The molecule has 1 spiro atoms. The second-order valence-electron chi connectivity index (χ2n) is 5.04. The molecule has 2 fully saturated rings. The standard InChI is InChI=1S/C13H18ClN3O/c14-12-9-11(1-4-16-12)17-7-8-18-13(10-17)2-5-15-6-3-13/h1,4,9,15H,2-3,5-8,10H2. The molecule has 0 bridgehead atoms. The molecule has 2 aliphatic heterocycles. The van der Waals surface area contributed by atoms with Crippen LogP contribution in [-0.4, -0.2) is 43.4 Å². The lowest BCUT2D eigenvalue weighted by molar-refractivity contribution is -0.0738. The Kier molecular flexibility index (Phi) is 3.41. The molecule has 0 radical (unpaired) electrons. The van der Waals surface area contributed by atoms with Crippen LogP contribution in [0.25, 0.3) is 0 Å². The zero-order valence-electron chi connectivity index (χ0n) is 10.4. The molecule has 98 valence electrons. The van der Waals surface area contributed by atoms with E-state index < -0.39 is 0 Å². The lowest BCUT2D eigenvalue weighted by atomic mass is 9.90. The van der Waals surface area contributed by atoms with Crippen LogP contribution in [-0.2, 0) is 4.74 Å². The van der Waals surface area contributed by atoms with Gasteiger partial charge in [0.1, 0.15) is 5.15 Å². The second-order valence-corrected chi connectivity index (χ2v) is 5.43. The van der Waals surface area contributed by atoms with Gasteiger partial charge in [-0.25, -0.2) is 4.98 Å². The average Bonchev–Trinajstić information content (AvgIpc) is 2.40. The molecule has 0 aromatic carbocycles. The summed E-state index contributed by atoms with van der Waals surface area (Å²) in [7, 11) is 0. The third kappa shape index (κ3) is 2.46. The Bertz CT molecular complexity index is 415. The van der Waals surface area contributed by atoms with Gasteiger partial charge < -0.3 is 15.0 Å². The van der Waals surface area contributed by atoms with Crippen molar-refractivity contribution in [3.8, 4) is 0 Å². The number of ether oxygens (including phenoxy) is 1. The summed E-state index contributed by atoms with van der Waals surface area (Å²) in [4.78, 5) is 6.40. The van der Waals surface area contributed by atoms with E-state index in [4.69, 9.17) is 16.3 Å². The molecule has 18 heavy (non-hydrogen) atoms. The quantitative estimate of drug-likeness (QED) is 0.786. The molecular weight excluding hydrogens is 250 g/mol. The van der Waals surface area contributed by atoms with Crippen molar-refractivity contribution in [3.05, 3.63) is 23.5 Å². The van der Waals surface area contributed by atoms with Gasteiger partial charge in [0, 0.05) is 25.0 Å². The number of halogens is 1. The summed E-state index contributed by atoms with van der Waals surface area (Å²) in [5.41, 5.74) is 1.18. The Morgan fingerprint density at radius 1 is 1.39 bits per heavy atom. The summed E-state index contributed by atoms with van der Waals surface area (Å²) in [5, 5.41) is 3.94. The highest BCUT2D eigenvalue weighted by molar-refractivity contribution is 6.29. The van der Waals surface area contributed by atoms with Gasteiger partial charge in [0.05, 0.1) is 12.2 Å². The predicted octanol–water partition coefficient (Wildman–Crippen LogP) is 1.69. The minimum Gasteiger partial charge on any atom is -0.371 e. The molecule has 1 N–H and O–H groups in total. The van der Waals surface area contributed by atoms with Crippen LogP contribution in [0.3, 0.4) is 0 Å². The number of hydrogen-bond donors (Lipinski definition) is 1. The van der Waals surface area contributed by atoms with E-state index in [2.05, 4.69) is 15.2 Å². The summed E-state index contributed by atoms with van der Waals surface area (Å²) < 4.78 is 6.06. The molecular formula is C13H18ClN3O. The number of piperidine rings is 1. The van der Waals surface area contributed by atoms with Gasteiger partial charge in [-0.05, 0) is 38.1 Å². The van der Waals surface area contributed by atoms with Gasteiger partial charge in [0.2, 0.25) is 0 Å². The molecule has 3 heterocycles. The van der Waals surface area contributed by atoms with Crippen LogP contribution >= 0.6 is 11.6 Å². The number of morpholine rings is 1. The molecule has 2 aliphatic rings. The van der Waals surface area contributed by atoms with E-state index in [1.165, 1.54) is 0 Å². The van der Waals surface area contributed by atoms with Gasteiger partial charge in [-0.15, -0.1) is 0 Å². The topological polar surface area (TPSA) is 37.4 Å². The lowest BCUT2D eigenvalue weighted by Crippen LogP contribution is -2.56. The maximum absolute atomic E-state index is 6.06. The predicted molar refractivity (Wildman–Crippen MR) is 72.2 cm³/mol. The van der Waals surface area contributed by atoms with Crippen LogP contribution < -0.4 is 10.2 Å². The van der Waals surface area contributed by atoms with Gasteiger partial charge >= 0.3 is 0 Å². The molecule has 0 saturated carbocycles. The summed E-state index contributed by atoms with van der Waals surface area (Å²) in [6, 6.07) is 3.95. The summed E-state index contributed by atoms with van der Waals surface area (Å²) in [6.07, 6.45) is 3.94. The smallest absolute Gasteiger partial charge is 0.131 e. The highest BCUT2D eigenvalue weighted by atomic mass is 35.5. The fourth-order valence-electron chi connectivity index (χ4n) is 2.84. The first-order valence-corrected chi connectivity index (χ1v) is 6.86. The van der Waals surface area contributed by atoms with Gasteiger partial charge in [0.25, 0.3) is 0 Å². The van der Waals surface area contributed by atoms with Crippen molar-refractivity contribution < 1.29 is 4.74 Å². The number of pyridine rings is 1. The van der Waals surface area contributed by atoms with E-state index in [1.54, 1.807) is 6.20 Å². The zero-order chi connectivity index (χ0) is 12.4. The molecule has 4 nitrogen and oxygen atoms in total. The Morgan fingerprint density at radius 3 is 3.00 bits per heavy atom. The largest absolute Gasteiger partial charge is 0.371 e. The minimum atomic E-state index is 0.0270. The van der Waals surface area contributed by atoms with Crippen molar-refractivity contribution in [1.29, 1.82) is 0 Å². The third-order valence-corrected chi connectivity index (χ3v) is 4.05. The molecule has 0 amide bonds. The molecule has 2 saturated heterocycles. The van der Waals surface area contributed by atoms with Crippen LogP contribution in [0.2, 0.25) is 5.15 Å². The zero-order valence-corrected chi connectivity index (χ0v) is 11.1. The maximum atomic E-state index is 6.06. The molecule has 5 heteroatoms. The van der Waals surface area contributed by atoms with E-state index in [1.807, 2.05) is 12.1 Å². The number of hydrogen-bond acceptors (Lipinski definition) is 4. The van der Waals surface area contributed by atoms with Crippen molar-refractivity contribution in [3.63, 3.8) is 0 Å². The van der Waals surface area contributed by atoms with Crippen molar-refractivity contribution in [2.75, 3.05) is 37.7 Å². The molecule has 1 aromatic heterocycles. The fraction of sp³-hybridized carbons (Fsp3) is 0.615. The SMILES string of the molecule is Clc1cc(N2CCOC3(CCNCC3)C2)ccn1. The molecule has 3 rings (SSSR count). The number of anilines is 1. The van der Waals surface area contributed by atoms with Crippen LogP contribution in [0.5, 0.6) is 0 Å². The average molecular weight is 268 g/mol. The first kappa shape index (κ1) is 12.2. The Morgan fingerprint density at radius 2 is 2.22 bits per heavy atom. The normalized spacial score (nSPS) is 23.3. The van der Waals surface area contributed by atoms with E-state index in [0.717, 1.165) is 51.3 Å². The van der Waals surface area contributed by atoms with Crippen LogP contribution in [0.15, 0.2) is 18.3 Å². The van der Waals surface area contributed by atoms with Crippen LogP contribution in [0, 0.1) is 0 Å². The summed E-state index contributed by atoms with van der Waals surface area (Å²) >= 11 is 5.96. The molecule has 0 atom stereocenters. The number of nitrogens with one attached hydrogen (secondary N) is 1. The van der Waals surface area contributed by atoms with Gasteiger partial charge in [-0.3, -0.25) is 0 Å². The number of nitrogens with zero attached hydrogens (tertiary/aromatic N) is 2. The van der Waals surface area contributed by atoms with E-state index in [-0.39, 0.29) is 5.60 Å². The van der Waals surface area contributed by atoms with E-state index >= 15 is 0 Å². The monoisotopic (exact) mass is 267 g/mol. The van der Waals surface area contributed by atoms with Crippen molar-refractivity contribution in [2.24, 2.45) is 0 Å². The van der Waals surface area contributed by atoms with Gasteiger partial charge in [-0.2, -0.15) is 0 Å². The number of aromatic nitrogens is 1. The molecule has 1 aromatic rings. The Hall–Kier alpha value is -0.840. The highest BCUT2D eigenvalue weighted by Gasteiger charge is 2.37. The summed E-state index contributed by atoms with van der Waals surface area (Å²) in [6.45, 7) is 4.76. The first-order valence-electron chi connectivity index (χ1n) is 6.49. The molecule has 0 unspecified atom stereocenters. The van der Waals surface area contributed by atoms with Crippen molar-refractivity contribution in [1.82, 2.24) is 10.3 Å². The first-order chi connectivity index (χ1) is 8.77. The Labute approximate surface area is 112 Å². The highest BCUT2D eigenvalue weighted by Crippen LogP contribution is 2.30. The van der Waals surface area contributed by atoms with E-state index in [9.17, 15) is 0 Å². The maximum Gasteiger partial charge on any atom is 0.131 e. The number of rotatable bonds is 1. The third-order valence-electron chi connectivity index (χ3n) is 3.84. The summed E-state index contributed by atoms with van der Waals surface area (Å²) in [5.74, 6) is 0. The van der Waals surface area contributed by atoms with Crippen LogP contribution in [0.1, 0.15) is 12.8 Å². The minimum absolute atomic E-state index is 0.0270. The van der Waals surface area contributed by atoms with Crippen molar-refractivity contribution >= 4 is 17.3 Å². The van der Waals surface area contributed by atoms with Gasteiger partial charge in [-0.1, -0.05) is 11.6 Å². The second kappa shape index (κ2) is 5.03. The van der Waals surface area contributed by atoms with Crippen molar-refractivity contribution in [2.45, 2.75) is 18.4 Å². The fourth-order valence-corrected chi connectivity index (χ4v) is 3.01. The lowest BCUT2D eigenvalue weighted by Gasteiger charge is -2.46.